The predicted molar refractivity (Wildman–Crippen MR) is 95.2 cm³/mol. The van der Waals surface area contributed by atoms with Crippen LogP contribution in [0.2, 0.25) is 0 Å². The summed E-state index contributed by atoms with van der Waals surface area (Å²) in [5.74, 6) is 0.243. The van der Waals surface area contributed by atoms with Crippen LogP contribution in [-0.4, -0.2) is 46.8 Å². The van der Waals surface area contributed by atoms with Crippen molar-refractivity contribution < 1.29 is 13.9 Å². The van der Waals surface area contributed by atoms with E-state index in [1.807, 2.05) is 18.3 Å². The molecule has 2 aromatic rings. The molecule has 0 N–H and O–H groups in total. The molecule has 26 heavy (non-hydrogen) atoms. The van der Waals surface area contributed by atoms with Gasteiger partial charge in [0.2, 0.25) is 5.88 Å². The first-order chi connectivity index (χ1) is 12.7. The average Bonchev–Trinajstić information content (AvgIpc) is 2.63. The average molecular weight is 357 g/mol. The minimum atomic E-state index is -0.403. The third-order valence-corrected chi connectivity index (χ3v) is 5.22. The highest BCUT2D eigenvalue weighted by Gasteiger charge is 2.47. The van der Waals surface area contributed by atoms with E-state index in [1.54, 1.807) is 12.3 Å². The number of hydrogen-bond acceptors (Lipinski definition) is 5. The zero-order valence-corrected chi connectivity index (χ0v) is 14.8. The van der Waals surface area contributed by atoms with Crippen molar-refractivity contribution in [1.82, 2.24) is 14.9 Å². The summed E-state index contributed by atoms with van der Waals surface area (Å²) in [5.41, 5.74) is 1.08. The molecule has 4 heterocycles. The molecule has 0 saturated carbocycles. The van der Waals surface area contributed by atoms with Crippen LogP contribution in [0.5, 0.6) is 5.88 Å². The summed E-state index contributed by atoms with van der Waals surface area (Å²) in [6.45, 7) is 4.07. The van der Waals surface area contributed by atoms with E-state index in [2.05, 4.69) is 20.9 Å². The molecule has 1 atom stereocenters. The Balaban J connectivity index is 1.23. The van der Waals surface area contributed by atoms with Gasteiger partial charge in [-0.05, 0) is 49.4 Å². The quantitative estimate of drug-likeness (QED) is 0.795. The van der Waals surface area contributed by atoms with Crippen molar-refractivity contribution in [2.75, 3.05) is 26.3 Å². The fourth-order valence-corrected chi connectivity index (χ4v) is 4.00. The second-order valence-electron chi connectivity index (χ2n) is 7.28. The van der Waals surface area contributed by atoms with E-state index in [0.29, 0.717) is 12.5 Å². The van der Waals surface area contributed by atoms with Gasteiger partial charge in [0.1, 0.15) is 0 Å². The molecule has 2 aromatic heterocycles. The summed E-state index contributed by atoms with van der Waals surface area (Å²) >= 11 is 0. The van der Waals surface area contributed by atoms with Crippen LogP contribution in [0, 0.1) is 11.7 Å². The lowest BCUT2D eigenvalue weighted by atomic mass is 9.79. The molecule has 4 rings (SSSR count). The Kier molecular flexibility index (Phi) is 5.13. The normalized spacial score (nSPS) is 22.1. The van der Waals surface area contributed by atoms with Gasteiger partial charge >= 0.3 is 0 Å². The van der Waals surface area contributed by atoms with Crippen molar-refractivity contribution in [2.24, 2.45) is 5.92 Å². The molecule has 2 aliphatic heterocycles. The topological polar surface area (TPSA) is 47.5 Å². The highest BCUT2D eigenvalue weighted by atomic mass is 19.1. The molecule has 5 nitrogen and oxygen atoms in total. The Morgan fingerprint density at radius 3 is 2.88 bits per heavy atom. The van der Waals surface area contributed by atoms with Crippen molar-refractivity contribution in [3.63, 3.8) is 0 Å². The summed E-state index contributed by atoms with van der Waals surface area (Å²) in [4.78, 5) is 10.7. The summed E-state index contributed by atoms with van der Waals surface area (Å²) in [6, 6.07) is 8.96. The molecule has 138 valence electrons. The standard InChI is InChI=1S/C20H24FN3O2/c21-18-5-3-9-23-19(18)25-10-6-16-7-11-26-20(12-16)14-24(15-20)13-17-4-1-2-8-22-17/h1-5,8-9,16H,6-7,10-15H2. The first kappa shape index (κ1) is 17.4. The van der Waals surface area contributed by atoms with Gasteiger partial charge in [0.15, 0.2) is 5.82 Å². The van der Waals surface area contributed by atoms with E-state index < -0.39 is 5.82 Å². The predicted octanol–water partition coefficient (Wildman–Crippen LogP) is 3.07. The lowest BCUT2D eigenvalue weighted by Gasteiger charge is -2.53. The molecule has 1 unspecified atom stereocenters. The third kappa shape index (κ3) is 4.02. The van der Waals surface area contributed by atoms with E-state index in [4.69, 9.17) is 9.47 Å². The molecular weight excluding hydrogens is 333 g/mol. The molecule has 6 heteroatoms. The zero-order chi connectivity index (χ0) is 17.8. The molecule has 2 fully saturated rings. The highest BCUT2D eigenvalue weighted by Crippen LogP contribution is 2.38. The maximum absolute atomic E-state index is 13.5. The molecule has 1 spiro atoms. The van der Waals surface area contributed by atoms with E-state index in [0.717, 1.165) is 51.2 Å². The maximum atomic E-state index is 13.5. The van der Waals surface area contributed by atoms with Gasteiger partial charge in [0, 0.05) is 38.6 Å². The molecule has 0 radical (unpaired) electrons. The van der Waals surface area contributed by atoms with Crippen molar-refractivity contribution in [2.45, 2.75) is 31.4 Å². The number of rotatable bonds is 6. The first-order valence-electron chi connectivity index (χ1n) is 9.22. The smallest absolute Gasteiger partial charge is 0.250 e. The number of likely N-dealkylation sites (tertiary alicyclic amines) is 1. The van der Waals surface area contributed by atoms with Gasteiger partial charge in [0.05, 0.1) is 17.9 Å². The van der Waals surface area contributed by atoms with Gasteiger partial charge in [-0.25, -0.2) is 9.37 Å². The Morgan fingerprint density at radius 2 is 2.08 bits per heavy atom. The van der Waals surface area contributed by atoms with Crippen molar-refractivity contribution >= 4 is 0 Å². The van der Waals surface area contributed by atoms with Crippen LogP contribution in [0.25, 0.3) is 0 Å². The second kappa shape index (κ2) is 7.68. The van der Waals surface area contributed by atoms with Crippen molar-refractivity contribution in [3.8, 4) is 5.88 Å². The van der Waals surface area contributed by atoms with Crippen LogP contribution >= 0.6 is 0 Å². The lowest BCUT2D eigenvalue weighted by Crippen LogP contribution is -2.64. The minimum absolute atomic E-state index is 0.0199. The van der Waals surface area contributed by atoms with Crippen molar-refractivity contribution in [3.05, 3.63) is 54.2 Å². The maximum Gasteiger partial charge on any atom is 0.250 e. The van der Waals surface area contributed by atoms with Gasteiger partial charge in [-0.2, -0.15) is 0 Å². The fraction of sp³-hybridized carbons (Fsp3) is 0.500. The summed E-state index contributed by atoms with van der Waals surface area (Å²) in [6.07, 6.45) is 6.37. The SMILES string of the molecule is Fc1cccnc1OCCC1CCOC2(C1)CN(Cc1ccccn1)C2. The molecule has 2 saturated heterocycles. The Morgan fingerprint density at radius 1 is 1.19 bits per heavy atom. The minimum Gasteiger partial charge on any atom is -0.476 e. The van der Waals surface area contributed by atoms with Crippen LogP contribution in [0.15, 0.2) is 42.7 Å². The van der Waals surface area contributed by atoms with Gasteiger partial charge in [-0.1, -0.05) is 6.07 Å². The van der Waals surface area contributed by atoms with Crippen LogP contribution in [-0.2, 0) is 11.3 Å². The van der Waals surface area contributed by atoms with E-state index in [1.165, 1.54) is 6.07 Å². The number of aromatic nitrogens is 2. The number of hydrogen-bond donors (Lipinski definition) is 0. The van der Waals surface area contributed by atoms with Gasteiger partial charge in [-0.3, -0.25) is 9.88 Å². The van der Waals surface area contributed by atoms with Crippen LogP contribution < -0.4 is 4.74 Å². The number of nitrogens with zero attached hydrogens (tertiary/aromatic N) is 3. The second-order valence-corrected chi connectivity index (χ2v) is 7.28. The summed E-state index contributed by atoms with van der Waals surface area (Å²) in [7, 11) is 0. The molecule has 2 aliphatic rings. The number of halogens is 1. The number of pyridine rings is 2. The van der Waals surface area contributed by atoms with Crippen LogP contribution in [0.3, 0.4) is 0 Å². The van der Waals surface area contributed by atoms with Crippen LogP contribution in [0.4, 0.5) is 4.39 Å². The third-order valence-electron chi connectivity index (χ3n) is 5.22. The van der Waals surface area contributed by atoms with Gasteiger partial charge in [0.25, 0.3) is 0 Å². The van der Waals surface area contributed by atoms with E-state index in [-0.39, 0.29) is 11.5 Å². The summed E-state index contributed by atoms with van der Waals surface area (Å²) < 4.78 is 25.2. The molecule has 0 aliphatic carbocycles. The Bertz CT molecular complexity index is 722. The molecular formula is C20H24FN3O2. The number of ether oxygens (including phenoxy) is 2. The largest absolute Gasteiger partial charge is 0.476 e. The molecule has 0 aromatic carbocycles. The van der Waals surface area contributed by atoms with Gasteiger partial charge < -0.3 is 9.47 Å². The highest BCUT2D eigenvalue weighted by molar-refractivity contribution is 5.12. The lowest BCUT2D eigenvalue weighted by molar-refractivity contribution is -0.182. The zero-order valence-electron chi connectivity index (χ0n) is 14.8. The first-order valence-corrected chi connectivity index (χ1v) is 9.22. The van der Waals surface area contributed by atoms with Gasteiger partial charge in [-0.15, -0.1) is 0 Å². The van der Waals surface area contributed by atoms with E-state index in [9.17, 15) is 4.39 Å². The summed E-state index contributed by atoms with van der Waals surface area (Å²) in [5, 5.41) is 0. The van der Waals surface area contributed by atoms with Crippen molar-refractivity contribution in [1.29, 1.82) is 0 Å². The van der Waals surface area contributed by atoms with Crippen LogP contribution in [0.1, 0.15) is 25.0 Å². The Labute approximate surface area is 153 Å². The Hall–Kier alpha value is -2.05. The monoisotopic (exact) mass is 357 g/mol. The fourth-order valence-electron chi connectivity index (χ4n) is 4.00. The van der Waals surface area contributed by atoms with E-state index >= 15 is 0 Å². The molecule has 0 bridgehead atoms. The molecule has 0 amide bonds.